The second kappa shape index (κ2) is 6.81. The first kappa shape index (κ1) is 16.2. The lowest BCUT2D eigenvalue weighted by Crippen LogP contribution is -2.10. The molecule has 0 aliphatic carbocycles. The minimum absolute atomic E-state index is 0.0514. The highest BCUT2D eigenvalue weighted by atomic mass is 35.5. The number of nitrogens with zero attached hydrogens (tertiary/aromatic N) is 4. The highest BCUT2D eigenvalue weighted by molar-refractivity contribution is 7.95. The first-order valence-corrected chi connectivity index (χ1v) is 8.74. The molecule has 1 aromatic carbocycles. The Morgan fingerprint density at radius 2 is 1.88 bits per heavy atom. The van der Waals surface area contributed by atoms with Crippen LogP contribution in [0.25, 0.3) is 11.9 Å². The van der Waals surface area contributed by atoms with Gasteiger partial charge in [0.05, 0.1) is 5.41 Å². The molecule has 0 radical (unpaired) electrons. The summed E-state index contributed by atoms with van der Waals surface area (Å²) in [7, 11) is -3.77. The molecule has 2 aromatic heterocycles. The van der Waals surface area contributed by atoms with Gasteiger partial charge in [0.1, 0.15) is 6.33 Å². The monoisotopic (exact) mass is 361 g/mol. The number of pyridine rings is 1. The molecule has 0 saturated heterocycles. The molecular weight excluding hydrogens is 350 g/mol. The van der Waals surface area contributed by atoms with Gasteiger partial charge >= 0.3 is 0 Å². The van der Waals surface area contributed by atoms with Crippen molar-refractivity contribution < 1.29 is 8.42 Å². The van der Waals surface area contributed by atoms with Crippen LogP contribution in [0.5, 0.6) is 0 Å². The van der Waals surface area contributed by atoms with Crippen molar-refractivity contribution in [2.24, 2.45) is 0 Å². The number of hydrogen-bond donors (Lipinski definition) is 1. The van der Waals surface area contributed by atoms with Crippen molar-refractivity contribution in [3.8, 4) is 5.82 Å². The van der Waals surface area contributed by atoms with Gasteiger partial charge in [0.2, 0.25) is 0 Å². The van der Waals surface area contributed by atoms with E-state index in [-0.39, 0.29) is 5.95 Å². The molecule has 0 saturated carbocycles. The van der Waals surface area contributed by atoms with Gasteiger partial charge in [-0.05, 0) is 29.8 Å². The van der Waals surface area contributed by atoms with Gasteiger partial charge in [-0.2, -0.15) is 4.98 Å². The van der Waals surface area contributed by atoms with E-state index in [4.69, 9.17) is 11.6 Å². The van der Waals surface area contributed by atoms with Crippen LogP contribution in [0.3, 0.4) is 0 Å². The van der Waals surface area contributed by atoms with Crippen molar-refractivity contribution in [1.82, 2.24) is 19.7 Å². The van der Waals surface area contributed by atoms with Crippen molar-refractivity contribution >= 4 is 33.6 Å². The summed E-state index contributed by atoms with van der Waals surface area (Å²) in [5, 5.41) is 5.50. The second-order valence-electron chi connectivity index (χ2n) is 4.67. The molecule has 0 unspecified atom stereocenters. The highest BCUT2D eigenvalue weighted by Crippen LogP contribution is 2.17. The zero-order chi connectivity index (χ0) is 17.0. The van der Waals surface area contributed by atoms with Gasteiger partial charge in [0.15, 0.2) is 5.82 Å². The molecule has 3 rings (SSSR count). The van der Waals surface area contributed by atoms with Gasteiger partial charge in [0.25, 0.3) is 16.0 Å². The molecule has 2 heterocycles. The Balaban J connectivity index is 1.76. The standard InChI is InChI=1S/C15H12ClN5O2S/c16-13-6-2-1-5-12(13)8-10-24(22,23)20-15-18-11-21(19-15)14-7-3-4-9-17-14/h1-11H,(H,19,20). The Kier molecular flexibility index (Phi) is 4.59. The van der Waals surface area contributed by atoms with E-state index in [1.807, 2.05) is 0 Å². The molecule has 0 aliphatic rings. The summed E-state index contributed by atoms with van der Waals surface area (Å²) in [6.07, 6.45) is 4.38. The summed E-state index contributed by atoms with van der Waals surface area (Å²) in [5.41, 5.74) is 0.594. The zero-order valence-corrected chi connectivity index (χ0v) is 13.8. The minimum Gasteiger partial charge on any atom is -0.246 e. The van der Waals surface area contributed by atoms with Gasteiger partial charge < -0.3 is 0 Å². The Morgan fingerprint density at radius 3 is 2.62 bits per heavy atom. The van der Waals surface area contributed by atoms with Gasteiger partial charge in [-0.25, -0.2) is 22.8 Å². The van der Waals surface area contributed by atoms with Crippen molar-refractivity contribution in [3.63, 3.8) is 0 Å². The first-order valence-electron chi connectivity index (χ1n) is 6.82. The predicted octanol–water partition coefficient (Wildman–Crippen LogP) is 2.73. The summed E-state index contributed by atoms with van der Waals surface area (Å²) >= 11 is 5.98. The van der Waals surface area contributed by atoms with Crippen LogP contribution in [0.1, 0.15) is 5.56 Å². The maximum absolute atomic E-state index is 12.1. The lowest BCUT2D eigenvalue weighted by Gasteiger charge is -2.00. The van der Waals surface area contributed by atoms with E-state index in [2.05, 4.69) is 19.8 Å². The third-order valence-corrected chi connectivity index (χ3v) is 4.25. The predicted molar refractivity (Wildman–Crippen MR) is 92.2 cm³/mol. The SMILES string of the molecule is O=S(=O)(C=Cc1ccccc1Cl)Nc1ncn(-c2ccccn2)n1. The van der Waals surface area contributed by atoms with Gasteiger partial charge in [-0.15, -0.1) is 5.10 Å². The molecule has 0 atom stereocenters. The molecule has 0 spiro atoms. The maximum Gasteiger partial charge on any atom is 0.257 e. The van der Waals surface area contributed by atoms with Crippen LogP contribution in [0.2, 0.25) is 5.02 Å². The topological polar surface area (TPSA) is 89.8 Å². The molecule has 24 heavy (non-hydrogen) atoms. The van der Waals surface area contributed by atoms with E-state index in [0.29, 0.717) is 16.4 Å². The fourth-order valence-electron chi connectivity index (χ4n) is 1.84. The fraction of sp³-hybridized carbons (Fsp3) is 0. The third-order valence-electron chi connectivity index (χ3n) is 2.94. The van der Waals surface area contributed by atoms with E-state index in [1.54, 1.807) is 48.7 Å². The third kappa shape index (κ3) is 3.98. The second-order valence-corrected chi connectivity index (χ2v) is 6.65. The van der Waals surface area contributed by atoms with Crippen LogP contribution in [0.15, 0.2) is 60.4 Å². The number of sulfonamides is 1. The summed E-state index contributed by atoms with van der Waals surface area (Å²) in [4.78, 5) is 8.01. The van der Waals surface area contributed by atoms with E-state index in [9.17, 15) is 8.42 Å². The number of nitrogens with one attached hydrogen (secondary N) is 1. The Labute approximate surface area is 143 Å². The van der Waals surface area contributed by atoms with E-state index >= 15 is 0 Å². The average molecular weight is 362 g/mol. The van der Waals surface area contributed by atoms with Crippen molar-refractivity contribution in [2.75, 3.05) is 4.72 Å². The normalized spacial score (nSPS) is 11.7. The Morgan fingerprint density at radius 1 is 1.08 bits per heavy atom. The van der Waals surface area contributed by atoms with Crippen molar-refractivity contribution in [3.05, 3.63) is 71.0 Å². The zero-order valence-electron chi connectivity index (χ0n) is 12.2. The first-order chi connectivity index (χ1) is 11.5. The van der Waals surface area contributed by atoms with Crippen LogP contribution in [-0.2, 0) is 10.0 Å². The van der Waals surface area contributed by atoms with Crippen LogP contribution < -0.4 is 4.72 Å². The molecule has 1 N–H and O–H groups in total. The summed E-state index contributed by atoms with van der Waals surface area (Å²) < 4.78 is 27.8. The molecular formula is C15H12ClN5O2S. The van der Waals surface area contributed by atoms with Crippen LogP contribution in [0, 0.1) is 0 Å². The van der Waals surface area contributed by atoms with Crippen LogP contribution >= 0.6 is 11.6 Å². The largest absolute Gasteiger partial charge is 0.257 e. The molecule has 9 heteroatoms. The lowest BCUT2D eigenvalue weighted by atomic mass is 10.2. The lowest BCUT2D eigenvalue weighted by molar-refractivity contribution is 0.609. The molecule has 122 valence electrons. The van der Waals surface area contributed by atoms with E-state index in [1.165, 1.54) is 17.1 Å². The minimum atomic E-state index is -3.77. The Bertz CT molecular complexity index is 970. The number of hydrogen-bond acceptors (Lipinski definition) is 5. The van der Waals surface area contributed by atoms with Crippen LogP contribution in [-0.4, -0.2) is 28.2 Å². The smallest absolute Gasteiger partial charge is 0.246 e. The van der Waals surface area contributed by atoms with Gasteiger partial charge in [-0.1, -0.05) is 35.9 Å². The number of rotatable bonds is 5. The number of halogens is 1. The summed E-state index contributed by atoms with van der Waals surface area (Å²) in [6, 6.07) is 12.2. The number of aromatic nitrogens is 4. The Hall–Kier alpha value is -2.71. The molecule has 0 bridgehead atoms. The number of anilines is 1. The quantitative estimate of drug-likeness (QED) is 0.754. The van der Waals surface area contributed by atoms with Crippen molar-refractivity contribution in [1.29, 1.82) is 0 Å². The van der Waals surface area contributed by atoms with Gasteiger partial charge in [-0.3, -0.25) is 0 Å². The summed E-state index contributed by atoms with van der Waals surface area (Å²) in [5.74, 6) is 0.478. The molecule has 0 aliphatic heterocycles. The molecule has 3 aromatic rings. The highest BCUT2D eigenvalue weighted by Gasteiger charge is 2.10. The molecule has 0 amide bonds. The maximum atomic E-state index is 12.1. The number of benzene rings is 1. The fourth-order valence-corrected chi connectivity index (χ4v) is 2.78. The molecule has 0 fully saturated rings. The average Bonchev–Trinajstić information content (AvgIpc) is 3.03. The van der Waals surface area contributed by atoms with Gasteiger partial charge in [0, 0.05) is 11.2 Å². The van der Waals surface area contributed by atoms with Crippen LogP contribution in [0.4, 0.5) is 5.95 Å². The molecule has 7 nitrogen and oxygen atoms in total. The van der Waals surface area contributed by atoms with Crippen molar-refractivity contribution in [2.45, 2.75) is 0 Å². The van der Waals surface area contributed by atoms with E-state index < -0.39 is 10.0 Å². The van der Waals surface area contributed by atoms with E-state index in [0.717, 1.165) is 5.41 Å². The summed E-state index contributed by atoms with van der Waals surface area (Å²) in [6.45, 7) is 0.